The molecule has 92 valence electrons. The van der Waals surface area contributed by atoms with Crippen molar-refractivity contribution in [1.82, 2.24) is 0 Å². The van der Waals surface area contributed by atoms with Crippen molar-refractivity contribution >= 4 is 0 Å². The molecule has 0 atom stereocenters. The monoisotopic (exact) mass is 235 g/mol. The second kappa shape index (κ2) is 7.03. The largest absolute Gasteiger partial charge is 0.377 e. The molecule has 0 radical (unpaired) electrons. The van der Waals surface area contributed by atoms with Gasteiger partial charge in [0, 0.05) is 12.2 Å². The normalized spacial score (nSPS) is 10.5. The lowest BCUT2D eigenvalue weighted by atomic mass is 10.1. The van der Waals surface area contributed by atoms with Crippen LogP contribution >= 0.6 is 0 Å². The van der Waals surface area contributed by atoms with Crippen molar-refractivity contribution in [2.45, 2.75) is 33.3 Å². The Hall–Kier alpha value is -1.40. The van der Waals surface area contributed by atoms with Crippen LogP contribution in [0.15, 0.2) is 18.2 Å². The van der Waals surface area contributed by atoms with Crippen molar-refractivity contribution in [3.63, 3.8) is 0 Å². The van der Waals surface area contributed by atoms with E-state index in [1.807, 2.05) is 6.07 Å². The molecule has 0 heterocycles. The van der Waals surface area contributed by atoms with E-state index in [4.69, 9.17) is 10.00 Å². The molecule has 0 aliphatic carbocycles. The van der Waals surface area contributed by atoms with Gasteiger partial charge < -0.3 is 4.74 Å². The third-order valence-electron chi connectivity index (χ3n) is 2.51. The number of rotatable bonds is 6. The van der Waals surface area contributed by atoms with Crippen LogP contribution in [0.25, 0.3) is 0 Å². The van der Waals surface area contributed by atoms with E-state index in [0.29, 0.717) is 23.7 Å². The molecule has 0 unspecified atom stereocenters. The van der Waals surface area contributed by atoms with Crippen LogP contribution < -0.4 is 0 Å². The van der Waals surface area contributed by atoms with Gasteiger partial charge >= 0.3 is 0 Å². The average Bonchev–Trinajstić information content (AvgIpc) is 2.30. The molecule has 0 saturated heterocycles. The number of nitriles is 1. The second-order valence-corrected chi connectivity index (χ2v) is 4.51. The SMILES string of the molecule is CC(C)CCCOCc1ccc(C#N)cc1F. The first kappa shape index (κ1) is 13.7. The van der Waals surface area contributed by atoms with Crippen molar-refractivity contribution in [2.24, 2.45) is 5.92 Å². The molecule has 0 aliphatic rings. The molecule has 0 aliphatic heterocycles. The van der Waals surface area contributed by atoms with Crippen LogP contribution in [0.5, 0.6) is 0 Å². The molecule has 0 amide bonds. The molecule has 0 fully saturated rings. The Balaban J connectivity index is 2.35. The van der Waals surface area contributed by atoms with Gasteiger partial charge in [-0.05, 0) is 30.9 Å². The molecule has 0 N–H and O–H groups in total. The smallest absolute Gasteiger partial charge is 0.130 e. The van der Waals surface area contributed by atoms with Crippen molar-refractivity contribution in [3.05, 3.63) is 35.1 Å². The molecular weight excluding hydrogens is 217 g/mol. The van der Waals surface area contributed by atoms with Crippen LogP contribution in [-0.2, 0) is 11.3 Å². The lowest BCUT2D eigenvalue weighted by Gasteiger charge is -2.07. The minimum Gasteiger partial charge on any atom is -0.377 e. The average molecular weight is 235 g/mol. The first-order chi connectivity index (χ1) is 8.13. The molecule has 3 heteroatoms. The first-order valence-corrected chi connectivity index (χ1v) is 5.89. The minimum atomic E-state index is -0.368. The summed E-state index contributed by atoms with van der Waals surface area (Å²) < 4.78 is 18.8. The van der Waals surface area contributed by atoms with Crippen LogP contribution in [-0.4, -0.2) is 6.61 Å². The van der Waals surface area contributed by atoms with Crippen LogP contribution in [0.2, 0.25) is 0 Å². The molecule has 0 spiro atoms. The van der Waals surface area contributed by atoms with E-state index < -0.39 is 0 Å². The van der Waals surface area contributed by atoms with E-state index in [-0.39, 0.29) is 12.4 Å². The Kier molecular flexibility index (Phi) is 5.65. The lowest BCUT2D eigenvalue weighted by molar-refractivity contribution is 0.112. The standard InChI is InChI=1S/C14H18FNO/c1-11(2)4-3-7-17-10-13-6-5-12(9-16)8-14(13)15/h5-6,8,11H,3-4,7,10H2,1-2H3. The molecule has 17 heavy (non-hydrogen) atoms. The van der Waals surface area contributed by atoms with Gasteiger partial charge in [0.15, 0.2) is 0 Å². The predicted molar refractivity (Wildman–Crippen MR) is 64.8 cm³/mol. The molecule has 2 nitrogen and oxygen atoms in total. The summed E-state index contributed by atoms with van der Waals surface area (Å²) in [6, 6.07) is 6.36. The van der Waals surface area contributed by atoms with Crippen molar-refractivity contribution < 1.29 is 9.13 Å². The second-order valence-electron chi connectivity index (χ2n) is 4.51. The zero-order chi connectivity index (χ0) is 12.7. The maximum Gasteiger partial charge on any atom is 0.130 e. The number of halogens is 1. The van der Waals surface area contributed by atoms with Gasteiger partial charge in [0.25, 0.3) is 0 Å². The zero-order valence-electron chi connectivity index (χ0n) is 10.4. The van der Waals surface area contributed by atoms with Gasteiger partial charge in [0.2, 0.25) is 0 Å². The van der Waals surface area contributed by atoms with E-state index in [9.17, 15) is 4.39 Å². The van der Waals surface area contributed by atoms with E-state index in [1.165, 1.54) is 6.07 Å². The Morgan fingerprint density at radius 1 is 1.41 bits per heavy atom. The summed E-state index contributed by atoms with van der Waals surface area (Å²) in [7, 11) is 0. The fourth-order valence-corrected chi connectivity index (χ4v) is 1.51. The highest BCUT2D eigenvalue weighted by Gasteiger charge is 2.03. The van der Waals surface area contributed by atoms with Gasteiger partial charge in [-0.15, -0.1) is 0 Å². The number of nitrogens with zero attached hydrogens (tertiary/aromatic N) is 1. The summed E-state index contributed by atoms with van der Waals surface area (Å²) in [6.07, 6.45) is 2.12. The molecule has 1 aromatic carbocycles. The molecule has 1 rings (SSSR count). The Morgan fingerprint density at radius 3 is 2.76 bits per heavy atom. The van der Waals surface area contributed by atoms with Crippen LogP contribution in [0.4, 0.5) is 4.39 Å². The summed E-state index contributed by atoms with van der Waals surface area (Å²) in [5.74, 6) is 0.304. The van der Waals surface area contributed by atoms with Gasteiger partial charge in [-0.1, -0.05) is 19.9 Å². The highest BCUT2D eigenvalue weighted by atomic mass is 19.1. The Morgan fingerprint density at radius 2 is 2.18 bits per heavy atom. The highest BCUT2D eigenvalue weighted by Crippen LogP contribution is 2.11. The summed E-state index contributed by atoms with van der Waals surface area (Å²) in [5.41, 5.74) is 0.847. The van der Waals surface area contributed by atoms with Crippen molar-refractivity contribution in [1.29, 1.82) is 5.26 Å². The Bertz CT molecular complexity index is 396. The minimum absolute atomic E-state index is 0.273. The third kappa shape index (κ3) is 4.97. The van der Waals surface area contributed by atoms with Gasteiger partial charge in [-0.25, -0.2) is 4.39 Å². The number of benzene rings is 1. The maximum atomic E-state index is 13.4. The lowest BCUT2D eigenvalue weighted by Crippen LogP contribution is -2.00. The zero-order valence-corrected chi connectivity index (χ0v) is 10.4. The first-order valence-electron chi connectivity index (χ1n) is 5.89. The fourth-order valence-electron chi connectivity index (χ4n) is 1.51. The summed E-state index contributed by atoms with van der Waals surface area (Å²) >= 11 is 0. The maximum absolute atomic E-state index is 13.4. The Labute approximate surface area is 102 Å². The van der Waals surface area contributed by atoms with Crippen LogP contribution in [0.1, 0.15) is 37.8 Å². The third-order valence-corrected chi connectivity index (χ3v) is 2.51. The molecular formula is C14H18FNO. The molecule has 0 aromatic heterocycles. The quantitative estimate of drug-likeness (QED) is 0.705. The van der Waals surface area contributed by atoms with Gasteiger partial charge in [0.1, 0.15) is 5.82 Å². The van der Waals surface area contributed by atoms with E-state index >= 15 is 0 Å². The summed E-state index contributed by atoms with van der Waals surface area (Å²) in [6.45, 7) is 5.26. The van der Waals surface area contributed by atoms with Crippen LogP contribution in [0.3, 0.4) is 0 Å². The molecule has 0 saturated carbocycles. The van der Waals surface area contributed by atoms with Gasteiger partial charge in [-0.2, -0.15) is 5.26 Å². The van der Waals surface area contributed by atoms with Crippen molar-refractivity contribution in [3.8, 4) is 6.07 Å². The molecule has 0 bridgehead atoms. The van der Waals surface area contributed by atoms with Crippen molar-refractivity contribution in [2.75, 3.05) is 6.61 Å². The molecule has 1 aromatic rings. The van der Waals surface area contributed by atoms with E-state index in [2.05, 4.69) is 13.8 Å². The predicted octanol–water partition coefficient (Wildman–Crippen LogP) is 3.65. The highest BCUT2D eigenvalue weighted by molar-refractivity contribution is 5.32. The number of hydrogen-bond acceptors (Lipinski definition) is 2. The number of ether oxygens (including phenoxy) is 1. The fraction of sp³-hybridized carbons (Fsp3) is 0.500. The summed E-state index contributed by atoms with van der Waals surface area (Å²) in [5, 5.41) is 8.60. The van der Waals surface area contributed by atoms with E-state index in [1.54, 1.807) is 12.1 Å². The van der Waals surface area contributed by atoms with Crippen LogP contribution in [0, 0.1) is 23.1 Å². The van der Waals surface area contributed by atoms with Gasteiger partial charge in [-0.3, -0.25) is 0 Å². The number of hydrogen-bond donors (Lipinski definition) is 0. The van der Waals surface area contributed by atoms with Gasteiger partial charge in [0.05, 0.1) is 18.2 Å². The van der Waals surface area contributed by atoms with E-state index in [0.717, 1.165) is 12.8 Å². The summed E-state index contributed by atoms with van der Waals surface area (Å²) in [4.78, 5) is 0. The topological polar surface area (TPSA) is 33.0 Å².